The average Bonchev–Trinajstić information content (AvgIpc) is 2.54. The van der Waals surface area contributed by atoms with Crippen molar-refractivity contribution in [1.82, 2.24) is 0 Å². The van der Waals surface area contributed by atoms with Crippen molar-refractivity contribution in [1.29, 1.82) is 0 Å². The Morgan fingerprint density at radius 2 is 1.83 bits per heavy atom. The van der Waals surface area contributed by atoms with Gasteiger partial charge in [0.2, 0.25) is 0 Å². The van der Waals surface area contributed by atoms with Gasteiger partial charge < -0.3 is 4.42 Å². The summed E-state index contributed by atoms with van der Waals surface area (Å²) in [5.74, 6) is 0.436. The number of hydrogen-bond acceptors (Lipinski definition) is 2. The third kappa shape index (κ3) is 3.25. The second-order valence-electron chi connectivity index (χ2n) is 6.68. The Morgan fingerprint density at radius 3 is 2.46 bits per heavy atom. The van der Waals surface area contributed by atoms with Gasteiger partial charge in [0.1, 0.15) is 5.58 Å². The fourth-order valence-electron chi connectivity index (χ4n) is 3.17. The van der Waals surface area contributed by atoms with Crippen molar-refractivity contribution in [2.24, 2.45) is 0 Å². The Balaban J connectivity index is 2.11. The van der Waals surface area contributed by atoms with Crippen LogP contribution in [0.25, 0.3) is 11.0 Å². The van der Waals surface area contributed by atoms with E-state index >= 15 is 0 Å². The maximum Gasteiger partial charge on any atom is 0.336 e. The molecule has 124 valence electrons. The summed E-state index contributed by atoms with van der Waals surface area (Å²) in [6, 6.07) is 10.0. The first-order valence-electron chi connectivity index (χ1n) is 8.53. The van der Waals surface area contributed by atoms with Gasteiger partial charge in [-0.2, -0.15) is 0 Å². The zero-order valence-corrected chi connectivity index (χ0v) is 14.8. The number of benzene rings is 1. The Labute approximate surface area is 142 Å². The largest absolute Gasteiger partial charge is 0.423 e. The fraction of sp³-hybridized carbons (Fsp3) is 0.333. The Bertz CT molecular complexity index is 921. The summed E-state index contributed by atoms with van der Waals surface area (Å²) < 4.78 is 7.53. The van der Waals surface area contributed by atoms with E-state index in [1.807, 2.05) is 6.07 Å². The predicted octanol–water partition coefficient (Wildman–Crippen LogP) is 4.12. The second-order valence-corrected chi connectivity index (χ2v) is 6.68. The molecule has 0 atom stereocenters. The van der Waals surface area contributed by atoms with Crippen LogP contribution in [-0.4, -0.2) is 0 Å². The normalized spacial score (nSPS) is 11.4. The molecule has 0 amide bonds. The maximum absolute atomic E-state index is 11.9. The lowest BCUT2D eigenvalue weighted by Gasteiger charge is -2.12. The summed E-state index contributed by atoms with van der Waals surface area (Å²) in [6.45, 7) is 9.24. The van der Waals surface area contributed by atoms with E-state index in [0.717, 1.165) is 22.9 Å². The molecule has 3 nitrogen and oxygen atoms in total. The lowest BCUT2D eigenvalue weighted by Crippen LogP contribution is -2.33. The second kappa shape index (κ2) is 6.60. The first kappa shape index (κ1) is 16.4. The Kier molecular flexibility index (Phi) is 4.52. The quantitative estimate of drug-likeness (QED) is 0.535. The van der Waals surface area contributed by atoms with Crippen molar-refractivity contribution in [2.75, 3.05) is 0 Å². The molecule has 3 heteroatoms. The molecular formula is C21H24NO2+. The molecule has 24 heavy (non-hydrogen) atoms. The van der Waals surface area contributed by atoms with Crippen LogP contribution in [0.15, 0.2) is 51.9 Å². The van der Waals surface area contributed by atoms with Gasteiger partial charge in [-0.25, -0.2) is 9.36 Å². The Hall–Kier alpha value is -2.42. The third-order valence-electron chi connectivity index (χ3n) is 4.56. The minimum absolute atomic E-state index is 0.292. The number of pyridine rings is 1. The highest BCUT2D eigenvalue weighted by atomic mass is 16.4. The van der Waals surface area contributed by atoms with Gasteiger partial charge in [0.25, 0.3) is 0 Å². The van der Waals surface area contributed by atoms with E-state index in [4.69, 9.17) is 4.42 Å². The first-order valence-corrected chi connectivity index (χ1v) is 8.53. The monoisotopic (exact) mass is 322 g/mol. The van der Waals surface area contributed by atoms with Crippen LogP contribution in [0.2, 0.25) is 0 Å². The van der Waals surface area contributed by atoms with E-state index < -0.39 is 0 Å². The van der Waals surface area contributed by atoms with Crippen molar-refractivity contribution >= 4 is 11.0 Å². The number of fused-ring (bicyclic) bond motifs is 1. The van der Waals surface area contributed by atoms with Crippen molar-refractivity contribution in [3.05, 3.63) is 75.4 Å². The third-order valence-corrected chi connectivity index (χ3v) is 4.56. The molecule has 0 aliphatic carbocycles. The Morgan fingerprint density at radius 1 is 1.12 bits per heavy atom. The molecule has 0 saturated carbocycles. The number of nitrogens with zero attached hydrogens (tertiary/aromatic N) is 1. The molecule has 0 aliphatic rings. The molecule has 1 aromatic carbocycles. The van der Waals surface area contributed by atoms with Crippen LogP contribution in [0, 0.1) is 6.92 Å². The van der Waals surface area contributed by atoms with Gasteiger partial charge in [-0.1, -0.05) is 20.8 Å². The minimum Gasteiger partial charge on any atom is -0.423 e. The average molecular weight is 322 g/mol. The van der Waals surface area contributed by atoms with Crippen molar-refractivity contribution in [2.45, 2.75) is 46.6 Å². The molecular weight excluding hydrogens is 298 g/mol. The zero-order chi connectivity index (χ0) is 17.3. The van der Waals surface area contributed by atoms with Crippen molar-refractivity contribution in [3.8, 4) is 0 Å². The lowest BCUT2D eigenvalue weighted by molar-refractivity contribution is -0.688. The first-order chi connectivity index (χ1) is 11.5. The summed E-state index contributed by atoms with van der Waals surface area (Å²) >= 11 is 0. The van der Waals surface area contributed by atoms with Gasteiger partial charge in [0, 0.05) is 29.1 Å². The van der Waals surface area contributed by atoms with Crippen LogP contribution in [0.1, 0.15) is 48.9 Å². The maximum atomic E-state index is 11.9. The molecule has 0 saturated heterocycles. The summed E-state index contributed by atoms with van der Waals surface area (Å²) in [5, 5.41) is 1.02. The van der Waals surface area contributed by atoms with E-state index in [0.29, 0.717) is 18.0 Å². The lowest BCUT2D eigenvalue weighted by atomic mass is 9.95. The SMILES string of the molecule is CCc1cc[n+](Cc2cc(=O)oc3cc(C)c(C(C)C)cc23)cc1. The van der Waals surface area contributed by atoms with Gasteiger partial charge in [0.05, 0.1) is 0 Å². The molecule has 3 aromatic rings. The highest BCUT2D eigenvalue weighted by Gasteiger charge is 2.14. The molecule has 2 aromatic heterocycles. The molecule has 0 unspecified atom stereocenters. The number of rotatable bonds is 4. The summed E-state index contributed by atoms with van der Waals surface area (Å²) in [7, 11) is 0. The number of hydrogen-bond donors (Lipinski definition) is 0. The predicted molar refractivity (Wildman–Crippen MR) is 96.4 cm³/mol. The van der Waals surface area contributed by atoms with Gasteiger partial charge in [-0.15, -0.1) is 0 Å². The van der Waals surface area contributed by atoms with Crippen LogP contribution in [-0.2, 0) is 13.0 Å². The number of aromatic nitrogens is 1. The van der Waals surface area contributed by atoms with Crippen molar-refractivity contribution < 1.29 is 8.98 Å². The van der Waals surface area contributed by atoms with E-state index in [1.165, 1.54) is 11.1 Å². The summed E-state index contributed by atoms with van der Waals surface area (Å²) in [4.78, 5) is 11.9. The van der Waals surface area contributed by atoms with E-state index in [1.54, 1.807) is 6.07 Å². The van der Waals surface area contributed by atoms with Crippen LogP contribution >= 0.6 is 0 Å². The molecule has 0 spiro atoms. The van der Waals surface area contributed by atoms with Crippen LogP contribution in [0.3, 0.4) is 0 Å². The van der Waals surface area contributed by atoms with Gasteiger partial charge in [0.15, 0.2) is 18.9 Å². The topological polar surface area (TPSA) is 34.1 Å². The van der Waals surface area contributed by atoms with Crippen molar-refractivity contribution in [3.63, 3.8) is 0 Å². The van der Waals surface area contributed by atoms with E-state index in [-0.39, 0.29) is 5.63 Å². The van der Waals surface area contributed by atoms with Gasteiger partial charge in [-0.05, 0) is 48.1 Å². The smallest absolute Gasteiger partial charge is 0.336 e. The van der Waals surface area contributed by atoms with E-state index in [9.17, 15) is 4.79 Å². The zero-order valence-electron chi connectivity index (χ0n) is 14.8. The van der Waals surface area contributed by atoms with Gasteiger partial charge >= 0.3 is 5.63 Å². The molecule has 0 aliphatic heterocycles. The minimum atomic E-state index is -0.292. The number of aryl methyl sites for hydroxylation is 2. The highest BCUT2D eigenvalue weighted by molar-refractivity contribution is 5.82. The molecule has 2 heterocycles. The molecule has 0 fully saturated rings. The highest BCUT2D eigenvalue weighted by Crippen LogP contribution is 2.26. The van der Waals surface area contributed by atoms with Crippen LogP contribution in [0.4, 0.5) is 0 Å². The van der Waals surface area contributed by atoms with Crippen LogP contribution < -0.4 is 10.2 Å². The van der Waals surface area contributed by atoms with Crippen LogP contribution in [0.5, 0.6) is 0 Å². The molecule has 0 radical (unpaired) electrons. The van der Waals surface area contributed by atoms with Gasteiger partial charge in [-0.3, -0.25) is 0 Å². The molecule has 3 rings (SSSR count). The fourth-order valence-corrected chi connectivity index (χ4v) is 3.17. The van der Waals surface area contributed by atoms with E-state index in [2.05, 4.69) is 62.9 Å². The molecule has 0 N–H and O–H groups in total. The molecule has 0 bridgehead atoms. The summed E-state index contributed by atoms with van der Waals surface area (Å²) in [5.41, 5.74) is 5.14. The summed E-state index contributed by atoms with van der Waals surface area (Å²) in [6.07, 6.45) is 5.16. The standard InChI is InChI=1S/C21H24NO2/c1-5-16-6-8-22(9-7-16)13-17-11-21(23)24-20-10-15(4)18(14(2)3)12-19(17)20/h6-12,14H,5,13H2,1-4H3/q+1.